The van der Waals surface area contributed by atoms with Gasteiger partial charge in [-0.2, -0.15) is 0 Å². The van der Waals surface area contributed by atoms with E-state index in [1.165, 1.54) is 12.3 Å². The molecule has 4 rings (SSSR count). The van der Waals surface area contributed by atoms with Crippen molar-refractivity contribution in [2.75, 3.05) is 19.8 Å². The quantitative estimate of drug-likeness (QED) is 0.812. The number of rotatable bonds is 1. The van der Waals surface area contributed by atoms with Crippen LogP contribution < -0.4 is 0 Å². The first-order valence-corrected chi connectivity index (χ1v) is 7.77. The van der Waals surface area contributed by atoms with E-state index in [4.69, 9.17) is 4.74 Å². The molecule has 2 unspecified atom stereocenters. The summed E-state index contributed by atoms with van der Waals surface area (Å²) in [5.41, 5.74) is 0.251. The molecule has 23 heavy (non-hydrogen) atoms. The molecule has 1 aromatic carbocycles. The van der Waals surface area contributed by atoms with Gasteiger partial charge < -0.3 is 9.64 Å². The lowest BCUT2D eigenvalue weighted by molar-refractivity contribution is 0.0214. The van der Waals surface area contributed by atoms with Crippen molar-refractivity contribution < 1.29 is 18.3 Å². The highest BCUT2D eigenvalue weighted by atomic mass is 19.1. The highest BCUT2D eigenvalue weighted by Crippen LogP contribution is 2.32. The first-order valence-electron chi connectivity index (χ1n) is 7.77. The molecule has 3 heterocycles. The summed E-state index contributed by atoms with van der Waals surface area (Å²) in [6.07, 6.45) is 3.07. The van der Waals surface area contributed by atoms with Gasteiger partial charge in [0.05, 0.1) is 12.2 Å². The first-order chi connectivity index (χ1) is 11.1. The maximum atomic E-state index is 13.9. The Balaban J connectivity index is 1.69. The normalized spacial score (nSPS) is 24.0. The molecule has 0 aliphatic carbocycles. The predicted molar refractivity (Wildman–Crippen MR) is 80.0 cm³/mol. The summed E-state index contributed by atoms with van der Waals surface area (Å²) in [5, 5.41) is 0.0403. The predicted octanol–water partition coefficient (Wildman–Crippen LogP) is 2.76. The SMILES string of the molecule is O=C(c1cnc2c(F)ccc(F)c2c1)N1CCC2COCCC21. The average molecular weight is 318 g/mol. The van der Waals surface area contributed by atoms with E-state index in [1.54, 1.807) is 0 Å². The van der Waals surface area contributed by atoms with Crippen LogP contribution in [0.5, 0.6) is 0 Å². The number of amides is 1. The zero-order valence-corrected chi connectivity index (χ0v) is 12.5. The zero-order chi connectivity index (χ0) is 16.0. The summed E-state index contributed by atoms with van der Waals surface area (Å²) in [5.74, 6) is -0.965. The van der Waals surface area contributed by atoms with Gasteiger partial charge in [-0.05, 0) is 31.0 Å². The Hall–Kier alpha value is -2.08. The number of pyridine rings is 1. The van der Waals surface area contributed by atoms with Crippen molar-refractivity contribution >= 4 is 16.8 Å². The minimum Gasteiger partial charge on any atom is -0.381 e. The molecule has 6 heteroatoms. The van der Waals surface area contributed by atoms with Gasteiger partial charge in [0.1, 0.15) is 17.2 Å². The van der Waals surface area contributed by atoms with Crippen LogP contribution in [0.4, 0.5) is 8.78 Å². The Morgan fingerprint density at radius 3 is 2.96 bits per heavy atom. The van der Waals surface area contributed by atoms with Gasteiger partial charge >= 0.3 is 0 Å². The van der Waals surface area contributed by atoms with Crippen LogP contribution in [0.15, 0.2) is 24.4 Å². The van der Waals surface area contributed by atoms with Crippen molar-refractivity contribution in [2.24, 2.45) is 5.92 Å². The first kappa shape index (κ1) is 14.5. The molecule has 0 saturated carbocycles. The molecule has 2 aliphatic rings. The van der Waals surface area contributed by atoms with Crippen molar-refractivity contribution in [3.8, 4) is 0 Å². The van der Waals surface area contributed by atoms with Crippen LogP contribution >= 0.6 is 0 Å². The van der Waals surface area contributed by atoms with E-state index in [2.05, 4.69) is 4.98 Å². The number of benzene rings is 1. The van der Waals surface area contributed by atoms with Gasteiger partial charge in [0.15, 0.2) is 0 Å². The molecule has 2 aromatic rings. The number of aromatic nitrogens is 1. The Bertz CT molecular complexity index is 781. The number of hydrogen-bond donors (Lipinski definition) is 0. The van der Waals surface area contributed by atoms with E-state index in [1.807, 2.05) is 4.90 Å². The van der Waals surface area contributed by atoms with E-state index in [0.717, 1.165) is 25.0 Å². The molecule has 2 atom stereocenters. The standard InChI is InChI=1S/C17H16F2N2O2/c18-13-1-2-14(19)16-12(13)7-11(8-20-16)17(22)21-5-3-10-9-23-6-4-15(10)21/h1-2,7-8,10,15H,3-6,9H2. The molecule has 120 valence electrons. The maximum Gasteiger partial charge on any atom is 0.255 e. The number of likely N-dealkylation sites (tertiary alicyclic amines) is 1. The number of nitrogens with zero attached hydrogens (tertiary/aromatic N) is 2. The number of carbonyl (C=O) groups excluding carboxylic acids is 1. The number of carbonyl (C=O) groups is 1. The number of hydrogen-bond acceptors (Lipinski definition) is 3. The van der Waals surface area contributed by atoms with Gasteiger partial charge in [0.2, 0.25) is 0 Å². The lowest BCUT2D eigenvalue weighted by Crippen LogP contribution is -2.42. The van der Waals surface area contributed by atoms with E-state index < -0.39 is 11.6 Å². The lowest BCUT2D eigenvalue weighted by atomic mass is 9.96. The summed E-state index contributed by atoms with van der Waals surface area (Å²) in [7, 11) is 0. The number of fused-ring (bicyclic) bond motifs is 2. The smallest absolute Gasteiger partial charge is 0.255 e. The molecule has 0 N–H and O–H groups in total. The molecule has 0 radical (unpaired) electrons. The van der Waals surface area contributed by atoms with Crippen LogP contribution in [0, 0.1) is 17.6 Å². The van der Waals surface area contributed by atoms with Crippen LogP contribution in [0.1, 0.15) is 23.2 Å². The Labute approximate surface area is 132 Å². The monoisotopic (exact) mass is 318 g/mol. The second-order valence-corrected chi connectivity index (χ2v) is 6.13. The molecule has 2 fully saturated rings. The third-order valence-corrected chi connectivity index (χ3v) is 4.83. The van der Waals surface area contributed by atoms with Crippen molar-refractivity contribution in [1.82, 2.24) is 9.88 Å². The van der Waals surface area contributed by atoms with Crippen LogP contribution in [0.3, 0.4) is 0 Å². The largest absolute Gasteiger partial charge is 0.381 e. The molecule has 0 spiro atoms. The molecule has 4 nitrogen and oxygen atoms in total. The second kappa shape index (κ2) is 5.53. The summed E-state index contributed by atoms with van der Waals surface area (Å²) in [6, 6.07) is 3.66. The molecule has 2 saturated heterocycles. The summed E-state index contributed by atoms with van der Waals surface area (Å²) < 4.78 is 33.1. The summed E-state index contributed by atoms with van der Waals surface area (Å²) in [6.45, 7) is 2.01. The van der Waals surface area contributed by atoms with Gasteiger partial charge in [0, 0.05) is 36.7 Å². The molecule has 1 amide bonds. The average Bonchev–Trinajstić information content (AvgIpc) is 3.01. The van der Waals surface area contributed by atoms with Crippen LogP contribution in [0.2, 0.25) is 0 Å². The Morgan fingerprint density at radius 1 is 1.26 bits per heavy atom. The number of ether oxygens (including phenoxy) is 1. The van der Waals surface area contributed by atoms with E-state index in [-0.39, 0.29) is 22.9 Å². The van der Waals surface area contributed by atoms with Crippen molar-refractivity contribution in [3.63, 3.8) is 0 Å². The molecule has 0 bridgehead atoms. The van der Waals surface area contributed by atoms with E-state index >= 15 is 0 Å². The topological polar surface area (TPSA) is 42.4 Å². The highest BCUT2D eigenvalue weighted by molar-refractivity contribution is 5.97. The fraction of sp³-hybridized carbons (Fsp3) is 0.412. The fourth-order valence-corrected chi connectivity index (χ4v) is 3.63. The fourth-order valence-electron chi connectivity index (χ4n) is 3.63. The number of halogens is 2. The zero-order valence-electron chi connectivity index (χ0n) is 12.5. The molecular weight excluding hydrogens is 302 g/mol. The van der Waals surface area contributed by atoms with Gasteiger partial charge in [-0.3, -0.25) is 9.78 Å². The van der Waals surface area contributed by atoms with E-state index in [9.17, 15) is 13.6 Å². The minimum absolute atomic E-state index is 0.0403. The second-order valence-electron chi connectivity index (χ2n) is 6.13. The summed E-state index contributed by atoms with van der Waals surface area (Å²) in [4.78, 5) is 18.5. The highest BCUT2D eigenvalue weighted by Gasteiger charge is 2.39. The third-order valence-electron chi connectivity index (χ3n) is 4.83. The van der Waals surface area contributed by atoms with Crippen LogP contribution in [-0.4, -0.2) is 41.6 Å². The van der Waals surface area contributed by atoms with Gasteiger partial charge in [-0.1, -0.05) is 0 Å². The summed E-state index contributed by atoms with van der Waals surface area (Å²) >= 11 is 0. The molecular formula is C17H16F2N2O2. The van der Waals surface area contributed by atoms with E-state index in [0.29, 0.717) is 31.2 Å². The molecule has 1 aromatic heterocycles. The van der Waals surface area contributed by atoms with Gasteiger partial charge in [-0.15, -0.1) is 0 Å². The Morgan fingerprint density at radius 2 is 2.09 bits per heavy atom. The lowest BCUT2D eigenvalue weighted by Gasteiger charge is -2.31. The van der Waals surface area contributed by atoms with Gasteiger partial charge in [-0.25, -0.2) is 8.78 Å². The minimum atomic E-state index is -0.592. The van der Waals surface area contributed by atoms with Crippen molar-refractivity contribution in [3.05, 3.63) is 41.6 Å². The maximum absolute atomic E-state index is 13.9. The van der Waals surface area contributed by atoms with Crippen molar-refractivity contribution in [1.29, 1.82) is 0 Å². The third kappa shape index (κ3) is 2.37. The van der Waals surface area contributed by atoms with Crippen LogP contribution in [-0.2, 0) is 4.74 Å². The molecule has 2 aliphatic heterocycles. The van der Waals surface area contributed by atoms with Crippen LogP contribution in [0.25, 0.3) is 10.9 Å². The Kier molecular flexibility index (Phi) is 3.49. The van der Waals surface area contributed by atoms with Crippen molar-refractivity contribution in [2.45, 2.75) is 18.9 Å². The van der Waals surface area contributed by atoms with Gasteiger partial charge in [0.25, 0.3) is 5.91 Å².